The molecule has 0 aliphatic carbocycles. The van der Waals surface area contributed by atoms with Gasteiger partial charge in [0.2, 0.25) is 0 Å². The topological polar surface area (TPSA) is 85.4 Å². The number of hydrogen-bond acceptors (Lipinski definition) is 6. The highest BCUT2D eigenvalue weighted by Crippen LogP contribution is 2.21. The lowest BCUT2D eigenvalue weighted by Crippen LogP contribution is -2.33. The number of methoxy groups -OCH3 is 1. The molecule has 0 spiro atoms. The van der Waals surface area contributed by atoms with E-state index >= 15 is 0 Å². The number of carbonyl (C=O) groups is 1. The van der Waals surface area contributed by atoms with Gasteiger partial charge in [0, 0.05) is 6.04 Å². The molecule has 8 heteroatoms. The zero-order chi connectivity index (χ0) is 14.5. The molecule has 1 atom stereocenters. The molecule has 1 N–H and O–H groups in total. The molecular formula is C11H18N2O4S2. The Hall–Kier alpha value is -0.990. The number of unbranched alkanes of at least 4 members (excludes halogenated alkanes) is 1. The third-order valence-electron chi connectivity index (χ3n) is 2.50. The van der Waals surface area contributed by atoms with Crippen molar-refractivity contribution in [2.75, 3.05) is 7.11 Å². The highest BCUT2D eigenvalue weighted by atomic mass is 32.2. The fraction of sp³-hybridized carbons (Fsp3) is 0.636. The Morgan fingerprint density at radius 3 is 2.84 bits per heavy atom. The van der Waals surface area contributed by atoms with Crippen molar-refractivity contribution in [2.45, 2.75) is 43.4 Å². The number of esters is 1. The lowest BCUT2D eigenvalue weighted by Gasteiger charge is -2.13. The molecule has 6 nitrogen and oxygen atoms in total. The van der Waals surface area contributed by atoms with Crippen molar-refractivity contribution in [3.63, 3.8) is 0 Å². The Labute approximate surface area is 117 Å². The molecule has 0 radical (unpaired) electrons. The van der Waals surface area contributed by atoms with Gasteiger partial charge >= 0.3 is 5.97 Å². The molecule has 0 aliphatic heterocycles. The van der Waals surface area contributed by atoms with E-state index in [1.54, 1.807) is 6.92 Å². The number of carbonyl (C=O) groups excluding carboxylic acids is 1. The Morgan fingerprint density at radius 2 is 2.26 bits per heavy atom. The Morgan fingerprint density at radius 1 is 1.58 bits per heavy atom. The number of nitrogens with zero attached hydrogens (tertiary/aromatic N) is 1. The number of nitrogens with one attached hydrogen (secondary N) is 1. The number of hydrogen-bond donors (Lipinski definition) is 1. The van der Waals surface area contributed by atoms with Crippen molar-refractivity contribution >= 4 is 27.3 Å². The second kappa shape index (κ2) is 6.97. The van der Waals surface area contributed by atoms with Gasteiger partial charge in [-0.15, -0.1) is 11.3 Å². The first-order valence-electron chi connectivity index (χ1n) is 5.96. The minimum absolute atomic E-state index is 0.0947. The molecule has 0 amide bonds. The summed E-state index contributed by atoms with van der Waals surface area (Å²) in [5, 5.41) is 0. The van der Waals surface area contributed by atoms with Gasteiger partial charge in [0.1, 0.15) is 0 Å². The first-order valence-corrected chi connectivity index (χ1v) is 8.32. The van der Waals surface area contributed by atoms with Gasteiger partial charge in [-0.25, -0.2) is 22.9 Å². The van der Waals surface area contributed by atoms with Gasteiger partial charge in [0.25, 0.3) is 10.0 Å². The van der Waals surface area contributed by atoms with E-state index in [2.05, 4.69) is 14.4 Å². The van der Waals surface area contributed by atoms with Crippen molar-refractivity contribution in [2.24, 2.45) is 0 Å². The van der Waals surface area contributed by atoms with E-state index in [9.17, 15) is 13.2 Å². The second-order valence-corrected chi connectivity index (χ2v) is 6.91. The van der Waals surface area contributed by atoms with Crippen LogP contribution >= 0.6 is 11.3 Å². The van der Waals surface area contributed by atoms with Crippen LogP contribution in [0.5, 0.6) is 0 Å². The molecule has 19 heavy (non-hydrogen) atoms. The number of ether oxygens (including phenoxy) is 1. The lowest BCUT2D eigenvalue weighted by molar-refractivity contribution is 0.0590. The molecule has 1 aromatic heterocycles. The van der Waals surface area contributed by atoms with E-state index in [1.807, 2.05) is 6.92 Å². The van der Waals surface area contributed by atoms with E-state index in [1.165, 1.54) is 12.6 Å². The van der Waals surface area contributed by atoms with E-state index in [4.69, 9.17) is 0 Å². The fourth-order valence-corrected chi connectivity index (χ4v) is 3.97. The van der Waals surface area contributed by atoms with E-state index < -0.39 is 16.0 Å². The van der Waals surface area contributed by atoms with Crippen LogP contribution in [0.3, 0.4) is 0 Å². The molecule has 1 unspecified atom stereocenters. The van der Waals surface area contributed by atoms with Gasteiger partial charge in [-0.1, -0.05) is 19.8 Å². The molecule has 0 bridgehead atoms. The molecule has 0 saturated heterocycles. The predicted molar refractivity (Wildman–Crippen MR) is 72.8 cm³/mol. The summed E-state index contributed by atoms with van der Waals surface area (Å²) in [6, 6.07) is -0.183. The van der Waals surface area contributed by atoms with Crippen LogP contribution in [0.1, 0.15) is 43.6 Å². The molecule has 1 heterocycles. The SMILES string of the molecule is CCCCC(C)NS(=O)(=O)c1scnc1C(=O)OC. The summed E-state index contributed by atoms with van der Waals surface area (Å²) < 4.78 is 31.3. The summed E-state index contributed by atoms with van der Waals surface area (Å²) in [4.78, 5) is 15.2. The Bertz CT molecular complexity index is 525. The number of aromatic nitrogens is 1. The Balaban J connectivity index is 2.89. The van der Waals surface area contributed by atoms with Crippen molar-refractivity contribution in [3.05, 3.63) is 11.2 Å². The Kier molecular flexibility index (Phi) is 5.89. The van der Waals surface area contributed by atoms with Crippen LogP contribution in [0.15, 0.2) is 9.72 Å². The minimum atomic E-state index is -3.73. The summed E-state index contributed by atoms with van der Waals surface area (Å²) in [5.41, 5.74) is 1.15. The number of sulfonamides is 1. The van der Waals surface area contributed by atoms with E-state index in [-0.39, 0.29) is 15.9 Å². The quantitative estimate of drug-likeness (QED) is 0.776. The van der Waals surface area contributed by atoms with Gasteiger partial charge < -0.3 is 4.74 Å². The molecule has 0 aliphatic rings. The van der Waals surface area contributed by atoms with E-state index in [0.29, 0.717) is 0 Å². The van der Waals surface area contributed by atoms with Crippen LogP contribution in [0.25, 0.3) is 0 Å². The van der Waals surface area contributed by atoms with Gasteiger partial charge in [0.15, 0.2) is 9.90 Å². The van der Waals surface area contributed by atoms with Gasteiger partial charge in [-0.05, 0) is 13.3 Å². The van der Waals surface area contributed by atoms with E-state index in [0.717, 1.165) is 30.6 Å². The van der Waals surface area contributed by atoms with Crippen LogP contribution in [-0.2, 0) is 14.8 Å². The summed E-state index contributed by atoms with van der Waals surface area (Å²) in [7, 11) is -2.54. The molecule has 0 aromatic carbocycles. The van der Waals surface area contributed by atoms with Gasteiger partial charge in [-0.2, -0.15) is 0 Å². The molecule has 0 saturated carbocycles. The van der Waals surface area contributed by atoms with Gasteiger partial charge in [0.05, 0.1) is 12.6 Å². The number of rotatable bonds is 7. The van der Waals surface area contributed by atoms with Crippen LogP contribution in [-0.4, -0.2) is 32.5 Å². The van der Waals surface area contributed by atoms with Crippen LogP contribution in [0, 0.1) is 0 Å². The molecule has 1 aromatic rings. The van der Waals surface area contributed by atoms with Crippen LogP contribution in [0.2, 0.25) is 0 Å². The largest absolute Gasteiger partial charge is 0.464 e. The van der Waals surface area contributed by atoms with Crippen molar-refractivity contribution < 1.29 is 17.9 Å². The first-order chi connectivity index (χ1) is 8.92. The molecule has 1 rings (SSSR count). The highest BCUT2D eigenvalue weighted by molar-refractivity contribution is 7.91. The smallest absolute Gasteiger partial charge is 0.358 e. The van der Waals surface area contributed by atoms with Gasteiger partial charge in [-0.3, -0.25) is 0 Å². The maximum Gasteiger partial charge on any atom is 0.358 e. The normalized spacial score (nSPS) is 13.2. The summed E-state index contributed by atoms with van der Waals surface area (Å²) >= 11 is 0.904. The number of thiazole rings is 1. The fourth-order valence-electron chi connectivity index (χ4n) is 1.55. The highest BCUT2D eigenvalue weighted by Gasteiger charge is 2.27. The summed E-state index contributed by atoms with van der Waals surface area (Å²) in [6.45, 7) is 3.84. The summed E-state index contributed by atoms with van der Waals surface area (Å²) in [5.74, 6) is -0.747. The monoisotopic (exact) mass is 306 g/mol. The standard InChI is InChI=1S/C11H18N2O4S2/c1-4-5-6-8(2)13-19(15,16)11-9(10(14)17-3)12-7-18-11/h7-8,13H,4-6H2,1-3H3. The maximum atomic E-state index is 12.2. The predicted octanol–water partition coefficient (Wildman–Crippen LogP) is 1.79. The van der Waals surface area contributed by atoms with Crippen molar-refractivity contribution in [1.29, 1.82) is 0 Å². The maximum absolute atomic E-state index is 12.2. The minimum Gasteiger partial charge on any atom is -0.464 e. The third-order valence-corrected chi connectivity index (χ3v) is 5.46. The third kappa shape index (κ3) is 4.26. The van der Waals surface area contributed by atoms with Crippen LogP contribution < -0.4 is 4.72 Å². The molecule has 0 fully saturated rings. The zero-order valence-corrected chi connectivity index (χ0v) is 12.8. The van der Waals surface area contributed by atoms with Crippen molar-refractivity contribution in [1.82, 2.24) is 9.71 Å². The molecular weight excluding hydrogens is 288 g/mol. The lowest BCUT2D eigenvalue weighted by atomic mass is 10.2. The second-order valence-electron chi connectivity index (χ2n) is 4.14. The summed E-state index contributed by atoms with van der Waals surface area (Å²) in [6.07, 6.45) is 2.69. The first kappa shape index (κ1) is 16.1. The average molecular weight is 306 g/mol. The molecule has 108 valence electrons. The average Bonchev–Trinajstić information content (AvgIpc) is 2.84. The van der Waals surface area contributed by atoms with Crippen LogP contribution in [0.4, 0.5) is 0 Å². The van der Waals surface area contributed by atoms with Crippen molar-refractivity contribution in [3.8, 4) is 0 Å². The zero-order valence-electron chi connectivity index (χ0n) is 11.2.